The molecule has 0 fully saturated rings. The van der Waals surface area contributed by atoms with Gasteiger partial charge >= 0.3 is 39.5 Å². The fraction of sp³-hybridized carbons (Fsp3) is 0.654. The van der Waals surface area contributed by atoms with E-state index >= 15 is 0 Å². The molecule has 0 rings (SSSR count). The van der Waals surface area contributed by atoms with E-state index in [0.29, 0.717) is 32.1 Å². The molecule has 0 aromatic rings. The molecule has 3 N–H and O–H groups in total. The minimum absolute atomic E-state index is 0.0604. The Morgan fingerprint density at radius 3 is 0.940 bits per heavy atom. The van der Waals surface area contributed by atoms with Crippen LogP contribution in [0.15, 0.2) is 146 Å². The molecule has 0 aromatic heterocycles. The summed E-state index contributed by atoms with van der Waals surface area (Å²) in [5.41, 5.74) is 0. The summed E-state index contributed by atoms with van der Waals surface area (Å²) < 4.78 is 68.3. The standard InChI is InChI=1S/C81H134O17P2/c1-5-9-13-17-21-25-29-33-36-37-40-43-46-50-54-58-62-66-79(84)92-72-77(98-81(86)68-64-60-56-52-48-44-39-35-31-27-23-19-15-11-7-3)74-96-100(89,90)94-70-75(82)69-93-99(87,88)95-73-76(97-80(85)67-63-59-55-51-47-41-32-28-24-20-16-12-8-4)71-91-78(83)65-61-57-53-49-45-42-38-34-30-26-22-18-14-10-6-2/h9-10,13-14,21-22,25-26,28,32-36,38-40,43,45,49-50,54,57,61,75-77,82H,5-8,11-12,15-20,23-24,27,29-31,37,41-42,44,46-48,51-53,55-56,58-60,62-74H2,1-4H3,(H,87,88)(H,89,90)/b13-9-,14-10-,25-21-,26-22-,32-28-,36-33-,38-34-,39-35-,43-40-,49-45-,54-50-,61-57-. The van der Waals surface area contributed by atoms with Crippen molar-refractivity contribution < 1.29 is 80.2 Å². The molecule has 0 bridgehead atoms. The molecule has 0 saturated heterocycles. The van der Waals surface area contributed by atoms with Crippen molar-refractivity contribution in [2.24, 2.45) is 0 Å². The normalized spacial score (nSPS) is 14.8. The second kappa shape index (κ2) is 72.3. The first-order chi connectivity index (χ1) is 48.7. The summed E-state index contributed by atoms with van der Waals surface area (Å²) in [5, 5.41) is 10.6. The second-order valence-corrected chi connectivity index (χ2v) is 27.7. The topological polar surface area (TPSA) is 237 Å². The fourth-order valence-corrected chi connectivity index (χ4v) is 11.1. The highest BCUT2D eigenvalue weighted by Gasteiger charge is 2.30. The van der Waals surface area contributed by atoms with Crippen LogP contribution in [0.4, 0.5) is 0 Å². The Morgan fingerprint density at radius 1 is 0.300 bits per heavy atom. The fourth-order valence-electron chi connectivity index (χ4n) is 9.55. The number of phosphoric ester groups is 2. The van der Waals surface area contributed by atoms with Crippen molar-refractivity contribution in [3.8, 4) is 0 Å². The average molecular weight is 1440 g/mol. The zero-order valence-electron chi connectivity index (χ0n) is 62.1. The van der Waals surface area contributed by atoms with Gasteiger partial charge in [-0.2, -0.15) is 0 Å². The van der Waals surface area contributed by atoms with Crippen LogP contribution in [0, 0.1) is 0 Å². The van der Waals surface area contributed by atoms with Crippen LogP contribution in [0.2, 0.25) is 0 Å². The Labute approximate surface area is 605 Å². The number of carbonyl (C=O) groups is 4. The van der Waals surface area contributed by atoms with Gasteiger partial charge in [-0.3, -0.25) is 37.3 Å². The van der Waals surface area contributed by atoms with Gasteiger partial charge < -0.3 is 33.8 Å². The smallest absolute Gasteiger partial charge is 0.462 e. The maximum atomic E-state index is 13.1. The minimum atomic E-state index is -5.00. The molecule has 0 aliphatic carbocycles. The number of phosphoric acid groups is 2. The van der Waals surface area contributed by atoms with E-state index in [9.17, 15) is 43.2 Å². The first-order valence-electron chi connectivity index (χ1n) is 38.1. The van der Waals surface area contributed by atoms with Crippen LogP contribution in [0.5, 0.6) is 0 Å². The number of aliphatic hydroxyl groups excluding tert-OH is 1. The molecule has 0 spiro atoms. The predicted molar refractivity (Wildman–Crippen MR) is 408 cm³/mol. The SMILES string of the molecule is CC/C=C\C/C=C\C/C=C\C/C=C\C/C=C\CCCC(=O)OCC(COP(=O)(O)OCC(O)COP(=O)(O)OCC(COC(=O)C/C=C\C/C=C\C/C=C\C/C=C\C/C=C\CC)OC(=O)CCCCCCC/C=C\CCCCCC)OC(=O)CCCCCCC/C=C\CCCCCCCC. The number of esters is 4. The molecule has 0 aromatic carbocycles. The van der Waals surface area contributed by atoms with Gasteiger partial charge in [-0.05, 0) is 141 Å². The Morgan fingerprint density at radius 2 is 0.570 bits per heavy atom. The molecule has 0 aliphatic rings. The van der Waals surface area contributed by atoms with Gasteiger partial charge in [0.1, 0.15) is 19.3 Å². The van der Waals surface area contributed by atoms with Gasteiger partial charge in [0.15, 0.2) is 12.2 Å². The molecule has 570 valence electrons. The molecule has 0 saturated carbocycles. The molecule has 100 heavy (non-hydrogen) atoms. The number of aliphatic hydroxyl groups is 1. The lowest BCUT2D eigenvalue weighted by Gasteiger charge is -2.21. The molecule has 17 nitrogen and oxygen atoms in total. The maximum Gasteiger partial charge on any atom is 0.472 e. The monoisotopic (exact) mass is 1440 g/mol. The molecule has 0 aliphatic heterocycles. The van der Waals surface area contributed by atoms with E-state index in [-0.39, 0.29) is 25.7 Å². The number of carbonyl (C=O) groups excluding carboxylic acids is 4. The summed E-state index contributed by atoms with van der Waals surface area (Å²) in [6.45, 7) is 4.41. The average Bonchev–Trinajstić information content (AvgIpc) is 1.06. The number of hydrogen-bond acceptors (Lipinski definition) is 15. The second-order valence-electron chi connectivity index (χ2n) is 24.8. The number of allylic oxidation sites excluding steroid dienone is 23. The third-order valence-electron chi connectivity index (χ3n) is 15.3. The minimum Gasteiger partial charge on any atom is -0.462 e. The summed E-state index contributed by atoms with van der Waals surface area (Å²) in [7, 11) is -10.0. The van der Waals surface area contributed by atoms with E-state index in [1.54, 1.807) is 6.08 Å². The van der Waals surface area contributed by atoms with E-state index in [2.05, 4.69) is 137 Å². The summed E-state index contributed by atoms with van der Waals surface area (Å²) in [6.07, 6.45) is 81.6. The summed E-state index contributed by atoms with van der Waals surface area (Å²) in [4.78, 5) is 72.8. The van der Waals surface area contributed by atoms with E-state index in [1.807, 2.05) is 30.4 Å². The van der Waals surface area contributed by atoms with E-state index < -0.39 is 97.5 Å². The van der Waals surface area contributed by atoms with Gasteiger partial charge in [-0.15, -0.1) is 0 Å². The third kappa shape index (κ3) is 71.3. The van der Waals surface area contributed by atoms with Crippen LogP contribution < -0.4 is 0 Å². The van der Waals surface area contributed by atoms with E-state index in [0.717, 1.165) is 135 Å². The highest BCUT2D eigenvalue weighted by molar-refractivity contribution is 7.47. The Bertz CT molecular complexity index is 2470. The molecule has 5 unspecified atom stereocenters. The largest absolute Gasteiger partial charge is 0.472 e. The molecule has 0 heterocycles. The first kappa shape index (κ1) is 94.9. The molecule has 5 atom stereocenters. The maximum absolute atomic E-state index is 13.1. The number of rotatable bonds is 70. The van der Waals surface area contributed by atoms with Crippen LogP contribution in [-0.2, 0) is 65.4 Å². The van der Waals surface area contributed by atoms with Crippen molar-refractivity contribution in [2.75, 3.05) is 39.6 Å². The van der Waals surface area contributed by atoms with Crippen molar-refractivity contribution in [1.82, 2.24) is 0 Å². The van der Waals surface area contributed by atoms with Gasteiger partial charge in [-0.1, -0.05) is 263 Å². The Hall–Kier alpha value is -5.06. The summed E-state index contributed by atoms with van der Waals surface area (Å²) in [5.74, 6) is -2.42. The Balaban J connectivity index is 5.48. The highest BCUT2D eigenvalue weighted by atomic mass is 31.2. The van der Waals surface area contributed by atoms with Crippen molar-refractivity contribution in [2.45, 2.75) is 303 Å². The van der Waals surface area contributed by atoms with Crippen LogP contribution in [0.1, 0.15) is 285 Å². The van der Waals surface area contributed by atoms with E-state index in [1.165, 1.54) is 64.2 Å². The van der Waals surface area contributed by atoms with Crippen molar-refractivity contribution in [1.29, 1.82) is 0 Å². The third-order valence-corrected chi connectivity index (χ3v) is 17.2. The lowest BCUT2D eigenvalue weighted by atomic mass is 10.1. The van der Waals surface area contributed by atoms with Crippen LogP contribution in [0.25, 0.3) is 0 Å². The molecule has 0 amide bonds. The molecule has 19 heteroatoms. The van der Waals surface area contributed by atoms with Gasteiger partial charge in [0.2, 0.25) is 0 Å². The molecule has 0 radical (unpaired) electrons. The lowest BCUT2D eigenvalue weighted by molar-refractivity contribution is -0.161. The molecular weight excluding hydrogens is 1310 g/mol. The van der Waals surface area contributed by atoms with Gasteiger partial charge in [0, 0.05) is 19.3 Å². The van der Waals surface area contributed by atoms with Gasteiger partial charge in [-0.25, -0.2) is 9.13 Å². The lowest BCUT2D eigenvalue weighted by Crippen LogP contribution is -2.30. The van der Waals surface area contributed by atoms with Crippen molar-refractivity contribution in [3.05, 3.63) is 146 Å². The van der Waals surface area contributed by atoms with Crippen LogP contribution >= 0.6 is 15.6 Å². The number of ether oxygens (including phenoxy) is 4. The van der Waals surface area contributed by atoms with Crippen molar-refractivity contribution >= 4 is 39.5 Å². The van der Waals surface area contributed by atoms with Gasteiger partial charge in [0.05, 0.1) is 32.8 Å². The zero-order chi connectivity index (χ0) is 73.2. The summed E-state index contributed by atoms with van der Waals surface area (Å²) in [6, 6.07) is 0. The Kier molecular flexibility index (Phi) is 68.6. The number of unbranched alkanes of at least 4 members (excludes halogenated alkanes) is 21. The highest BCUT2D eigenvalue weighted by Crippen LogP contribution is 2.45. The van der Waals surface area contributed by atoms with E-state index in [4.69, 9.17) is 37.0 Å². The predicted octanol–water partition coefficient (Wildman–Crippen LogP) is 21.9. The quantitative estimate of drug-likeness (QED) is 0.0169. The zero-order valence-corrected chi connectivity index (χ0v) is 63.9. The first-order valence-corrected chi connectivity index (χ1v) is 41.1. The number of hydrogen-bond donors (Lipinski definition) is 3. The summed E-state index contributed by atoms with van der Waals surface area (Å²) >= 11 is 0. The molecular formula is C81H134O17P2. The van der Waals surface area contributed by atoms with Gasteiger partial charge in [0.25, 0.3) is 0 Å². The van der Waals surface area contributed by atoms with Crippen LogP contribution in [0.3, 0.4) is 0 Å². The van der Waals surface area contributed by atoms with Crippen LogP contribution in [-0.4, -0.2) is 96.7 Å². The van der Waals surface area contributed by atoms with Crippen molar-refractivity contribution in [3.63, 3.8) is 0 Å².